The summed E-state index contributed by atoms with van der Waals surface area (Å²) in [5, 5.41) is -0.261. The van der Waals surface area contributed by atoms with Crippen LogP contribution in [-0.2, 0) is 6.42 Å². The van der Waals surface area contributed by atoms with Crippen molar-refractivity contribution in [3.05, 3.63) is 106 Å². The minimum Gasteiger partial charge on any atom is -0.206 e. The van der Waals surface area contributed by atoms with E-state index in [4.69, 9.17) is 0 Å². The van der Waals surface area contributed by atoms with Crippen LogP contribution >= 0.6 is 0 Å². The summed E-state index contributed by atoms with van der Waals surface area (Å²) < 4.78 is 84.9. The Kier molecular flexibility index (Phi) is 6.65. The molecule has 0 spiro atoms. The molecule has 0 saturated heterocycles. The van der Waals surface area contributed by atoms with Crippen LogP contribution < -0.4 is 0 Å². The highest BCUT2D eigenvalue weighted by atomic mass is 19.2. The first-order valence-electron chi connectivity index (χ1n) is 10.7. The van der Waals surface area contributed by atoms with Gasteiger partial charge in [0.15, 0.2) is 17.5 Å². The van der Waals surface area contributed by atoms with E-state index in [2.05, 4.69) is 11.8 Å². The maximum atomic E-state index is 14.8. The van der Waals surface area contributed by atoms with Crippen molar-refractivity contribution in [3.63, 3.8) is 0 Å². The molecular weight excluding hydrogens is 450 g/mol. The summed E-state index contributed by atoms with van der Waals surface area (Å²) in [6.45, 7) is 2.04. The van der Waals surface area contributed by atoms with Crippen LogP contribution in [0.1, 0.15) is 36.5 Å². The summed E-state index contributed by atoms with van der Waals surface area (Å²) in [4.78, 5) is 0. The third kappa shape index (κ3) is 4.65. The quantitative estimate of drug-likeness (QED) is 0.161. The molecule has 6 heteroatoms. The van der Waals surface area contributed by atoms with E-state index >= 15 is 0 Å². The zero-order valence-corrected chi connectivity index (χ0v) is 18.1. The summed E-state index contributed by atoms with van der Waals surface area (Å²) in [5.74, 6) is -1.66. The highest BCUT2D eigenvalue weighted by molar-refractivity contribution is 5.88. The second-order valence-corrected chi connectivity index (χ2v) is 7.90. The van der Waals surface area contributed by atoms with Gasteiger partial charge in [0.1, 0.15) is 17.5 Å². The summed E-state index contributed by atoms with van der Waals surface area (Å²) in [7, 11) is 0. The summed E-state index contributed by atoms with van der Waals surface area (Å²) in [6, 6.07) is 11.0. The molecular formula is C28H18F6. The molecule has 0 aliphatic rings. The molecule has 0 radical (unpaired) electrons. The Morgan fingerprint density at radius 1 is 0.676 bits per heavy atom. The Hall–Kier alpha value is -3.72. The molecule has 0 unspecified atom stereocenters. The van der Waals surface area contributed by atoms with Gasteiger partial charge < -0.3 is 0 Å². The van der Waals surface area contributed by atoms with Crippen LogP contribution in [0.5, 0.6) is 0 Å². The molecule has 0 aliphatic heterocycles. The number of hydrogen-bond acceptors (Lipinski definition) is 0. The van der Waals surface area contributed by atoms with Crippen molar-refractivity contribution in [2.75, 3.05) is 0 Å². The maximum Gasteiger partial charge on any atom is 0.195 e. The number of benzene rings is 4. The van der Waals surface area contributed by atoms with Crippen molar-refractivity contribution in [1.82, 2.24) is 0 Å². The Morgan fingerprint density at radius 3 is 2.09 bits per heavy atom. The van der Waals surface area contributed by atoms with Gasteiger partial charge in [0.2, 0.25) is 0 Å². The van der Waals surface area contributed by atoms with Gasteiger partial charge in [0.25, 0.3) is 0 Å². The van der Waals surface area contributed by atoms with Gasteiger partial charge in [-0.2, -0.15) is 0 Å². The molecule has 0 fully saturated rings. The predicted octanol–water partition coefficient (Wildman–Crippen LogP) is 8.08. The van der Waals surface area contributed by atoms with E-state index in [0.717, 1.165) is 49.1 Å². The van der Waals surface area contributed by atoms with Crippen molar-refractivity contribution < 1.29 is 26.3 Å². The highest BCUT2D eigenvalue weighted by Crippen LogP contribution is 2.32. The lowest BCUT2D eigenvalue weighted by atomic mass is 9.98. The molecule has 0 bridgehead atoms. The number of fused-ring (bicyclic) bond motifs is 1. The van der Waals surface area contributed by atoms with Crippen LogP contribution in [-0.4, -0.2) is 0 Å². The van der Waals surface area contributed by atoms with Gasteiger partial charge in [-0.05, 0) is 65.8 Å². The number of rotatable bonds is 4. The predicted molar refractivity (Wildman–Crippen MR) is 120 cm³/mol. The largest absolute Gasteiger partial charge is 0.206 e. The second-order valence-electron chi connectivity index (χ2n) is 7.90. The number of halogens is 6. The van der Waals surface area contributed by atoms with Crippen molar-refractivity contribution in [2.24, 2.45) is 0 Å². The smallest absolute Gasteiger partial charge is 0.195 e. The van der Waals surface area contributed by atoms with E-state index < -0.39 is 40.5 Å². The van der Waals surface area contributed by atoms with E-state index in [-0.39, 0.29) is 27.5 Å². The molecule has 0 heterocycles. The molecule has 0 aliphatic carbocycles. The number of unbranched alkanes of at least 4 members (excludes halogenated alkanes) is 1. The summed E-state index contributed by atoms with van der Waals surface area (Å²) in [5.41, 5.74) is 0.540. The van der Waals surface area contributed by atoms with E-state index in [1.807, 2.05) is 6.92 Å². The van der Waals surface area contributed by atoms with Gasteiger partial charge in [0.05, 0.1) is 11.1 Å². The minimum atomic E-state index is -1.62. The van der Waals surface area contributed by atoms with Crippen LogP contribution in [0, 0.1) is 46.7 Å². The Morgan fingerprint density at radius 2 is 1.41 bits per heavy atom. The SMILES string of the molecule is CCCCc1ccc(C#Cc2cc(F)c(-c3ccc4c(F)c(F)c(F)cc4c3)c(F)c2)c(F)c1. The fraction of sp³-hybridized carbons (Fsp3) is 0.143. The van der Waals surface area contributed by atoms with Gasteiger partial charge in [-0.3, -0.25) is 0 Å². The molecule has 0 saturated carbocycles. The van der Waals surface area contributed by atoms with Crippen LogP contribution in [0.4, 0.5) is 26.3 Å². The molecule has 0 nitrogen and oxygen atoms in total. The normalized spacial score (nSPS) is 10.9. The average Bonchev–Trinajstić information content (AvgIpc) is 2.80. The molecule has 4 aromatic rings. The van der Waals surface area contributed by atoms with E-state index in [9.17, 15) is 26.3 Å². The molecule has 172 valence electrons. The summed E-state index contributed by atoms with van der Waals surface area (Å²) >= 11 is 0. The molecule has 4 aromatic carbocycles. The molecule has 0 N–H and O–H groups in total. The van der Waals surface area contributed by atoms with Crippen molar-refractivity contribution in [2.45, 2.75) is 26.2 Å². The zero-order chi connectivity index (χ0) is 24.4. The number of hydrogen-bond donors (Lipinski definition) is 0. The highest BCUT2D eigenvalue weighted by Gasteiger charge is 2.17. The fourth-order valence-corrected chi connectivity index (χ4v) is 3.72. The Bertz CT molecular complexity index is 1440. The van der Waals surface area contributed by atoms with Crippen LogP contribution in [0.3, 0.4) is 0 Å². The van der Waals surface area contributed by atoms with Gasteiger partial charge in [-0.15, -0.1) is 0 Å². The first-order chi connectivity index (χ1) is 16.3. The van der Waals surface area contributed by atoms with E-state index in [0.29, 0.717) is 0 Å². The monoisotopic (exact) mass is 468 g/mol. The molecule has 34 heavy (non-hydrogen) atoms. The van der Waals surface area contributed by atoms with Crippen molar-refractivity contribution in [1.29, 1.82) is 0 Å². The van der Waals surface area contributed by atoms with Crippen LogP contribution in [0.2, 0.25) is 0 Å². The average molecular weight is 468 g/mol. The lowest BCUT2D eigenvalue weighted by Gasteiger charge is -2.09. The standard InChI is InChI=1S/C28H18F6/c1-2-3-4-16-5-7-18(22(29)11-16)8-6-17-12-23(30)26(24(31)13-17)19-9-10-21-20(14-19)15-25(32)28(34)27(21)33/h5,7,9-15H,2-4H2,1H3. The van der Waals surface area contributed by atoms with Crippen LogP contribution in [0.15, 0.2) is 54.6 Å². The first-order valence-corrected chi connectivity index (χ1v) is 10.7. The topological polar surface area (TPSA) is 0 Å². The first kappa shape index (κ1) is 23.4. The summed E-state index contributed by atoms with van der Waals surface area (Å²) in [6.07, 6.45) is 2.68. The minimum absolute atomic E-state index is 0.00633. The lowest BCUT2D eigenvalue weighted by Crippen LogP contribution is -1.95. The molecule has 4 rings (SSSR count). The van der Waals surface area contributed by atoms with Gasteiger partial charge in [-0.1, -0.05) is 43.4 Å². The molecule has 0 aromatic heterocycles. The second kappa shape index (κ2) is 9.64. The van der Waals surface area contributed by atoms with E-state index in [1.165, 1.54) is 24.3 Å². The maximum absolute atomic E-state index is 14.8. The molecule has 0 atom stereocenters. The van der Waals surface area contributed by atoms with E-state index in [1.54, 1.807) is 6.07 Å². The Balaban J connectivity index is 1.67. The molecule has 0 amide bonds. The Labute approximate surface area is 192 Å². The van der Waals surface area contributed by atoms with Crippen LogP contribution in [0.25, 0.3) is 21.9 Å². The van der Waals surface area contributed by atoms with Crippen molar-refractivity contribution in [3.8, 4) is 23.0 Å². The fourth-order valence-electron chi connectivity index (χ4n) is 3.72. The van der Waals surface area contributed by atoms with Gasteiger partial charge in [0, 0.05) is 10.9 Å². The third-order valence-corrected chi connectivity index (χ3v) is 5.50. The van der Waals surface area contributed by atoms with Crippen molar-refractivity contribution >= 4 is 10.8 Å². The van der Waals surface area contributed by atoms with Gasteiger partial charge in [-0.25, -0.2) is 26.3 Å². The number of aryl methyl sites for hydroxylation is 1. The third-order valence-electron chi connectivity index (χ3n) is 5.50. The zero-order valence-electron chi connectivity index (χ0n) is 18.1. The lowest BCUT2D eigenvalue weighted by molar-refractivity contribution is 0.453. The van der Waals surface area contributed by atoms with Gasteiger partial charge >= 0.3 is 0 Å².